The molecule has 0 saturated carbocycles. The van der Waals surface area contributed by atoms with Crippen LogP contribution in [-0.2, 0) is 19.4 Å². The van der Waals surface area contributed by atoms with Crippen molar-refractivity contribution in [2.24, 2.45) is 0 Å². The van der Waals surface area contributed by atoms with E-state index in [-0.39, 0.29) is 10.5 Å². The third-order valence-corrected chi connectivity index (χ3v) is 4.83. The molecule has 0 unspecified atom stereocenters. The van der Waals surface area contributed by atoms with Crippen LogP contribution >= 0.6 is 23.2 Å². The number of hydrogen-bond donors (Lipinski definition) is 1. The minimum Gasteiger partial charge on any atom is -0.449 e. The molecule has 0 aliphatic rings. The molecule has 26 heavy (non-hydrogen) atoms. The quantitative estimate of drug-likeness (QED) is 0.753. The maximum atomic E-state index is 12.2. The van der Waals surface area contributed by atoms with Crippen LogP contribution in [0.3, 0.4) is 0 Å². The molecule has 0 bridgehead atoms. The Morgan fingerprint density at radius 2 is 1.69 bits per heavy atom. The molecule has 0 aliphatic carbocycles. The number of ether oxygens (including phenoxy) is 1. The van der Waals surface area contributed by atoms with Gasteiger partial charge in [0.15, 0.2) is 15.9 Å². The SMILES string of the molecule is C[C@H](OC(=O)c1cccc(S(C)(=O)=O)c1)C(=O)Nc1cc(Cl)cc(Cl)c1. The first-order valence-corrected chi connectivity index (χ1v) is 9.99. The lowest BCUT2D eigenvalue weighted by atomic mass is 10.2. The van der Waals surface area contributed by atoms with E-state index in [0.29, 0.717) is 15.7 Å². The Morgan fingerprint density at radius 3 is 2.27 bits per heavy atom. The molecule has 138 valence electrons. The van der Waals surface area contributed by atoms with Crippen LogP contribution in [0.1, 0.15) is 17.3 Å². The van der Waals surface area contributed by atoms with Crippen LogP contribution in [0.4, 0.5) is 5.69 Å². The van der Waals surface area contributed by atoms with Gasteiger partial charge >= 0.3 is 5.97 Å². The van der Waals surface area contributed by atoms with Crippen molar-refractivity contribution in [2.75, 3.05) is 11.6 Å². The van der Waals surface area contributed by atoms with E-state index in [4.69, 9.17) is 27.9 Å². The molecule has 9 heteroatoms. The normalized spacial score (nSPS) is 12.3. The van der Waals surface area contributed by atoms with E-state index in [2.05, 4.69) is 5.32 Å². The smallest absolute Gasteiger partial charge is 0.338 e. The molecular weight excluding hydrogens is 401 g/mol. The molecule has 0 radical (unpaired) electrons. The van der Waals surface area contributed by atoms with Gasteiger partial charge in [0, 0.05) is 22.0 Å². The summed E-state index contributed by atoms with van der Waals surface area (Å²) in [5, 5.41) is 3.22. The van der Waals surface area contributed by atoms with Gasteiger partial charge in [-0.25, -0.2) is 13.2 Å². The lowest BCUT2D eigenvalue weighted by molar-refractivity contribution is -0.123. The number of hydrogen-bond acceptors (Lipinski definition) is 5. The van der Waals surface area contributed by atoms with E-state index in [0.717, 1.165) is 6.26 Å². The maximum Gasteiger partial charge on any atom is 0.338 e. The average molecular weight is 416 g/mol. The molecule has 0 fully saturated rings. The summed E-state index contributed by atoms with van der Waals surface area (Å²) in [4.78, 5) is 24.3. The molecule has 0 spiro atoms. The number of rotatable bonds is 5. The minimum absolute atomic E-state index is 0.0161. The highest BCUT2D eigenvalue weighted by molar-refractivity contribution is 7.90. The second kappa shape index (κ2) is 8.07. The number of benzene rings is 2. The summed E-state index contributed by atoms with van der Waals surface area (Å²) < 4.78 is 28.2. The fourth-order valence-corrected chi connectivity index (χ4v) is 3.20. The van der Waals surface area contributed by atoms with Crippen LogP contribution < -0.4 is 5.32 Å². The van der Waals surface area contributed by atoms with Gasteiger partial charge < -0.3 is 10.1 Å². The van der Waals surface area contributed by atoms with Crippen molar-refractivity contribution >= 4 is 50.6 Å². The number of anilines is 1. The van der Waals surface area contributed by atoms with E-state index in [9.17, 15) is 18.0 Å². The molecule has 0 aliphatic heterocycles. The maximum absolute atomic E-state index is 12.2. The van der Waals surface area contributed by atoms with Gasteiger partial charge in [-0.15, -0.1) is 0 Å². The largest absolute Gasteiger partial charge is 0.449 e. The lowest BCUT2D eigenvalue weighted by Gasteiger charge is -2.14. The predicted octanol–water partition coefficient (Wildman–Crippen LogP) is 3.58. The zero-order valence-electron chi connectivity index (χ0n) is 13.8. The summed E-state index contributed by atoms with van der Waals surface area (Å²) in [6.45, 7) is 1.39. The molecule has 1 amide bonds. The van der Waals surface area contributed by atoms with Gasteiger partial charge in [-0.3, -0.25) is 4.79 Å². The minimum atomic E-state index is -3.46. The van der Waals surface area contributed by atoms with Crippen LogP contribution in [-0.4, -0.2) is 32.7 Å². The number of carbonyl (C=O) groups excluding carboxylic acids is 2. The van der Waals surface area contributed by atoms with Crippen LogP contribution in [0.15, 0.2) is 47.4 Å². The molecule has 2 aromatic carbocycles. The van der Waals surface area contributed by atoms with E-state index in [1.807, 2.05) is 0 Å². The number of carbonyl (C=O) groups is 2. The molecule has 0 saturated heterocycles. The van der Waals surface area contributed by atoms with Crippen molar-refractivity contribution in [3.05, 3.63) is 58.1 Å². The molecule has 6 nitrogen and oxygen atoms in total. The molecule has 0 aromatic heterocycles. The van der Waals surface area contributed by atoms with Gasteiger partial charge in [-0.2, -0.15) is 0 Å². The van der Waals surface area contributed by atoms with Crippen molar-refractivity contribution in [3.8, 4) is 0 Å². The topological polar surface area (TPSA) is 89.5 Å². The highest BCUT2D eigenvalue weighted by atomic mass is 35.5. The number of sulfone groups is 1. The molecule has 2 aromatic rings. The van der Waals surface area contributed by atoms with Gasteiger partial charge in [0.2, 0.25) is 0 Å². The van der Waals surface area contributed by atoms with E-state index in [1.54, 1.807) is 0 Å². The number of nitrogens with one attached hydrogen (secondary N) is 1. The van der Waals surface area contributed by atoms with Crippen LogP contribution in [0.5, 0.6) is 0 Å². The second-order valence-corrected chi connectivity index (χ2v) is 8.38. The Hall–Kier alpha value is -2.09. The number of esters is 1. The number of halogens is 2. The monoisotopic (exact) mass is 415 g/mol. The Balaban J connectivity index is 2.07. The van der Waals surface area contributed by atoms with Gasteiger partial charge in [-0.05, 0) is 43.3 Å². The average Bonchev–Trinajstić information content (AvgIpc) is 2.53. The summed E-state index contributed by atoms with van der Waals surface area (Å²) >= 11 is 11.7. The summed E-state index contributed by atoms with van der Waals surface area (Å²) in [6, 6.07) is 9.89. The summed E-state index contributed by atoms with van der Waals surface area (Å²) in [6.07, 6.45) is -0.0916. The third-order valence-electron chi connectivity index (χ3n) is 3.28. The zero-order chi connectivity index (χ0) is 19.5. The third kappa shape index (κ3) is 5.45. The first-order valence-electron chi connectivity index (χ1n) is 7.34. The van der Waals surface area contributed by atoms with Crippen LogP contribution in [0.25, 0.3) is 0 Å². The molecular formula is C17H15Cl2NO5S. The molecule has 1 atom stereocenters. The van der Waals surface area contributed by atoms with Crippen molar-refractivity contribution in [1.82, 2.24) is 0 Å². The van der Waals surface area contributed by atoms with Gasteiger partial charge in [0.05, 0.1) is 10.5 Å². The van der Waals surface area contributed by atoms with Crippen molar-refractivity contribution in [1.29, 1.82) is 0 Å². The fourth-order valence-electron chi connectivity index (χ4n) is 2.01. The van der Waals surface area contributed by atoms with Crippen molar-refractivity contribution in [2.45, 2.75) is 17.9 Å². The zero-order valence-corrected chi connectivity index (χ0v) is 16.2. The molecule has 2 rings (SSSR count). The van der Waals surface area contributed by atoms with E-state index >= 15 is 0 Å². The summed E-state index contributed by atoms with van der Waals surface area (Å²) in [5.74, 6) is -1.40. The Bertz CT molecular complexity index is 939. The Labute approximate surface area is 161 Å². The fraction of sp³-hybridized carbons (Fsp3) is 0.176. The number of amides is 1. The van der Waals surface area contributed by atoms with Crippen LogP contribution in [0.2, 0.25) is 10.0 Å². The molecule has 0 heterocycles. The van der Waals surface area contributed by atoms with E-state index in [1.165, 1.54) is 49.4 Å². The van der Waals surface area contributed by atoms with Gasteiger partial charge in [-0.1, -0.05) is 29.3 Å². The second-order valence-electron chi connectivity index (χ2n) is 5.49. The predicted molar refractivity (Wildman–Crippen MR) is 99.5 cm³/mol. The van der Waals surface area contributed by atoms with Crippen molar-refractivity contribution in [3.63, 3.8) is 0 Å². The lowest BCUT2D eigenvalue weighted by Crippen LogP contribution is -2.30. The Morgan fingerprint density at radius 1 is 1.08 bits per heavy atom. The Kier molecular flexibility index (Phi) is 6.28. The highest BCUT2D eigenvalue weighted by Crippen LogP contribution is 2.22. The summed E-state index contributed by atoms with van der Waals surface area (Å²) in [7, 11) is -3.46. The van der Waals surface area contributed by atoms with Gasteiger partial charge in [0.25, 0.3) is 5.91 Å². The highest BCUT2D eigenvalue weighted by Gasteiger charge is 2.20. The first kappa shape index (κ1) is 20.2. The summed E-state index contributed by atoms with van der Waals surface area (Å²) in [5.41, 5.74) is 0.382. The standard InChI is InChI=1S/C17H15Cl2NO5S/c1-10(16(21)20-14-8-12(18)7-13(19)9-14)25-17(22)11-4-3-5-15(6-11)26(2,23)24/h3-10H,1-2H3,(H,20,21)/t10-/m0/s1. The molecule has 1 N–H and O–H groups in total. The van der Waals surface area contributed by atoms with Crippen molar-refractivity contribution < 1.29 is 22.7 Å². The first-order chi connectivity index (χ1) is 12.1. The van der Waals surface area contributed by atoms with Crippen LogP contribution in [0, 0.1) is 0 Å². The van der Waals surface area contributed by atoms with Gasteiger partial charge in [0.1, 0.15) is 0 Å². The van der Waals surface area contributed by atoms with E-state index < -0.39 is 27.8 Å².